The van der Waals surface area contributed by atoms with Crippen molar-refractivity contribution in [2.75, 3.05) is 29.7 Å². The summed E-state index contributed by atoms with van der Waals surface area (Å²) in [4.78, 5) is 17.8. The number of aromatic nitrogens is 6. The van der Waals surface area contributed by atoms with Crippen LogP contribution in [0.25, 0.3) is 16.7 Å². The van der Waals surface area contributed by atoms with Gasteiger partial charge in [0.25, 0.3) is 0 Å². The molecule has 0 unspecified atom stereocenters. The van der Waals surface area contributed by atoms with Gasteiger partial charge in [-0.2, -0.15) is 24.6 Å². The molecule has 0 fully saturated rings. The number of nitrogens with zero attached hydrogens (tertiary/aromatic N) is 5. The van der Waals surface area contributed by atoms with Crippen LogP contribution in [0.2, 0.25) is 0 Å². The summed E-state index contributed by atoms with van der Waals surface area (Å²) in [5.41, 5.74) is 2.62. The molecule has 0 aliphatic carbocycles. The van der Waals surface area contributed by atoms with Gasteiger partial charge in [-0.05, 0) is 45.3 Å². The van der Waals surface area contributed by atoms with E-state index in [1.54, 1.807) is 17.8 Å². The summed E-state index contributed by atoms with van der Waals surface area (Å²) >= 11 is 3.58. The van der Waals surface area contributed by atoms with Crippen molar-refractivity contribution in [3.8, 4) is 5.75 Å². The molecule has 0 atom stereocenters. The van der Waals surface area contributed by atoms with Gasteiger partial charge in [0.2, 0.25) is 5.95 Å². The Labute approximate surface area is 197 Å². The molecule has 0 radical (unpaired) electrons. The van der Waals surface area contributed by atoms with Crippen molar-refractivity contribution < 1.29 is 4.74 Å². The lowest BCUT2D eigenvalue weighted by atomic mass is 10.3. The van der Waals surface area contributed by atoms with Crippen LogP contribution >= 0.6 is 38.4 Å². The quantitative estimate of drug-likeness (QED) is 0.333. The van der Waals surface area contributed by atoms with E-state index in [2.05, 4.69) is 57.1 Å². The molecular formula is C20H27BrClN7OS. The molecule has 168 valence electrons. The summed E-state index contributed by atoms with van der Waals surface area (Å²) in [5.74, 6) is 5.47. The Hall–Kier alpha value is -2.04. The molecule has 11 heteroatoms. The SMILES string of the molecule is CCS(CC)(CC)c1nc(NCc2nc3ccc(OC)cc3[nH]2)n2ncc(Br)c2n1.Cl. The van der Waals surface area contributed by atoms with Gasteiger partial charge in [0, 0.05) is 6.07 Å². The molecule has 0 aliphatic rings. The van der Waals surface area contributed by atoms with Crippen molar-refractivity contribution in [2.24, 2.45) is 0 Å². The zero-order chi connectivity index (χ0) is 21.3. The predicted octanol–water partition coefficient (Wildman–Crippen LogP) is 5.03. The van der Waals surface area contributed by atoms with Crippen LogP contribution in [-0.4, -0.2) is 53.9 Å². The second-order valence-electron chi connectivity index (χ2n) is 6.89. The number of hydrogen-bond donors (Lipinski definition) is 2. The van der Waals surface area contributed by atoms with Crippen molar-refractivity contribution in [1.82, 2.24) is 29.5 Å². The van der Waals surface area contributed by atoms with Crippen LogP contribution in [-0.2, 0) is 6.54 Å². The lowest BCUT2D eigenvalue weighted by Gasteiger charge is -2.35. The first-order valence-corrected chi connectivity index (χ1v) is 12.9. The molecule has 1 aromatic carbocycles. The van der Waals surface area contributed by atoms with Crippen LogP contribution < -0.4 is 10.1 Å². The lowest BCUT2D eigenvalue weighted by Crippen LogP contribution is -2.17. The van der Waals surface area contributed by atoms with Crippen molar-refractivity contribution in [3.63, 3.8) is 0 Å². The summed E-state index contributed by atoms with van der Waals surface area (Å²) in [5, 5.41) is 8.78. The Bertz CT molecular complexity index is 1180. The van der Waals surface area contributed by atoms with Gasteiger partial charge in [-0.1, -0.05) is 20.8 Å². The van der Waals surface area contributed by atoms with Crippen LogP contribution in [0.15, 0.2) is 34.0 Å². The molecule has 0 amide bonds. The fourth-order valence-electron chi connectivity index (χ4n) is 3.55. The number of aromatic amines is 1. The minimum absolute atomic E-state index is 0. The maximum Gasteiger partial charge on any atom is 0.228 e. The molecule has 4 rings (SSSR count). The highest BCUT2D eigenvalue weighted by atomic mass is 79.9. The standard InChI is InChI=1S/C20H26BrN7OS.ClH/c1-5-30(6-2,7-3)20-26-18-14(21)11-23-28(18)19(27-20)22-12-17-24-15-9-8-13(29-4)10-16(15)25-17;/h8-11H,5-7,12H2,1-4H3,(H,24,25)(H,22,26,27);1H. The smallest absolute Gasteiger partial charge is 0.228 e. The highest BCUT2D eigenvalue weighted by Gasteiger charge is 2.26. The van der Waals surface area contributed by atoms with Gasteiger partial charge >= 0.3 is 0 Å². The highest BCUT2D eigenvalue weighted by Crippen LogP contribution is 2.53. The number of fused-ring (bicyclic) bond motifs is 2. The molecule has 31 heavy (non-hydrogen) atoms. The average Bonchev–Trinajstić information content (AvgIpc) is 3.36. The first-order valence-electron chi connectivity index (χ1n) is 9.97. The van der Waals surface area contributed by atoms with Gasteiger partial charge < -0.3 is 15.0 Å². The third-order valence-electron chi connectivity index (χ3n) is 5.50. The number of nitrogens with one attached hydrogen (secondary N) is 2. The number of imidazole rings is 1. The van der Waals surface area contributed by atoms with Gasteiger partial charge in [-0.3, -0.25) is 0 Å². The fraction of sp³-hybridized carbons (Fsp3) is 0.400. The van der Waals surface area contributed by atoms with E-state index >= 15 is 0 Å². The van der Waals surface area contributed by atoms with Gasteiger partial charge in [0.15, 0.2) is 10.8 Å². The van der Waals surface area contributed by atoms with Crippen molar-refractivity contribution in [1.29, 1.82) is 0 Å². The molecule has 0 aliphatic heterocycles. The van der Waals surface area contributed by atoms with Gasteiger partial charge in [-0.15, -0.1) is 12.4 Å². The van der Waals surface area contributed by atoms with E-state index in [-0.39, 0.29) is 12.4 Å². The van der Waals surface area contributed by atoms with E-state index < -0.39 is 10.0 Å². The third kappa shape index (κ3) is 4.33. The first-order chi connectivity index (χ1) is 14.5. The monoisotopic (exact) mass is 527 g/mol. The number of H-pyrrole nitrogens is 1. The summed E-state index contributed by atoms with van der Waals surface area (Å²) in [7, 11) is 0.588. The number of anilines is 1. The minimum atomic E-state index is -1.07. The van der Waals surface area contributed by atoms with Crippen LogP contribution in [0.5, 0.6) is 5.75 Å². The predicted molar refractivity (Wildman–Crippen MR) is 133 cm³/mol. The van der Waals surface area contributed by atoms with E-state index in [4.69, 9.17) is 14.7 Å². The largest absolute Gasteiger partial charge is 0.497 e. The van der Waals surface area contributed by atoms with E-state index in [1.165, 1.54) is 0 Å². The van der Waals surface area contributed by atoms with Gasteiger partial charge in [0.1, 0.15) is 11.6 Å². The highest BCUT2D eigenvalue weighted by molar-refractivity contribution is 9.10. The Morgan fingerprint density at radius 2 is 1.87 bits per heavy atom. The van der Waals surface area contributed by atoms with Crippen molar-refractivity contribution >= 4 is 61.0 Å². The van der Waals surface area contributed by atoms with Gasteiger partial charge in [0.05, 0.1) is 35.4 Å². The number of ether oxygens (including phenoxy) is 1. The van der Waals surface area contributed by atoms with Crippen LogP contribution in [0.3, 0.4) is 0 Å². The number of rotatable bonds is 8. The van der Waals surface area contributed by atoms with Crippen LogP contribution in [0, 0.1) is 0 Å². The molecule has 2 N–H and O–H groups in total. The molecule has 3 aromatic heterocycles. The average molecular weight is 529 g/mol. The summed E-state index contributed by atoms with van der Waals surface area (Å²) < 4.78 is 7.90. The number of benzene rings is 1. The van der Waals surface area contributed by atoms with E-state index in [0.29, 0.717) is 12.5 Å². The Kier molecular flexibility index (Phi) is 7.33. The second-order valence-corrected chi connectivity index (χ2v) is 11.9. The number of halogens is 2. The number of methoxy groups -OCH3 is 1. The topological polar surface area (TPSA) is 93.0 Å². The van der Waals surface area contributed by atoms with E-state index in [1.807, 2.05) is 18.2 Å². The van der Waals surface area contributed by atoms with E-state index in [0.717, 1.165) is 55.1 Å². The molecule has 0 spiro atoms. The maximum atomic E-state index is 5.29. The zero-order valence-corrected chi connectivity index (χ0v) is 21.2. The Morgan fingerprint density at radius 3 is 2.55 bits per heavy atom. The molecule has 8 nitrogen and oxygen atoms in total. The Balaban J connectivity index is 0.00000272. The third-order valence-corrected chi connectivity index (χ3v) is 10.3. The van der Waals surface area contributed by atoms with Crippen molar-refractivity contribution in [3.05, 3.63) is 34.7 Å². The number of hydrogen-bond acceptors (Lipinski definition) is 6. The van der Waals surface area contributed by atoms with Crippen LogP contribution in [0.4, 0.5) is 5.95 Å². The molecule has 0 saturated heterocycles. The summed E-state index contributed by atoms with van der Waals surface area (Å²) in [6.07, 6.45) is 1.76. The fourth-order valence-corrected chi connectivity index (χ4v) is 6.46. The van der Waals surface area contributed by atoms with Crippen LogP contribution in [0.1, 0.15) is 26.6 Å². The second kappa shape index (κ2) is 9.62. The Morgan fingerprint density at radius 1 is 1.13 bits per heavy atom. The van der Waals surface area contributed by atoms with E-state index in [9.17, 15) is 0 Å². The van der Waals surface area contributed by atoms with Crippen molar-refractivity contribution in [2.45, 2.75) is 32.5 Å². The molecule has 4 aromatic rings. The normalized spacial score (nSPS) is 12.2. The summed E-state index contributed by atoms with van der Waals surface area (Å²) in [6.45, 7) is 7.19. The molecule has 0 bridgehead atoms. The zero-order valence-electron chi connectivity index (χ0n) is 18.0. The van der Waals surface area contributed by atoms with Gasteiger partial charge in [-0.25, -0.2) is 9.97 Å². The minimum Gasteiger partial charge on any atom is -0.497 e. The molecular weight excluding hydrogens is 502 g/mol. The molecule has 3 heterocycles. The molecule has 0 saturated carbocycles. The maximum absolute atomic E-state index is 5.29. The first kappa shape index (κ1) is 23.6. The summed E-state index contributed by atoms with van der Waals surface area (Å²) in [6, 6.07) is 5.80. The lowest BCUT2D eigenvalue weighted by molar-refractivity contribution is 0.415.